The molecule has 0 aliphatic carbocycles. The summed E-state index contributed by atoms with van der Waals surface area (Å²) in [5, 5.41) is 2.86. The van der Waals surface area contributed by atoms with Gasteiger partial charge in [-0.05, 0) is 51.0 Å². The summed E-state index contributed by atoms with van der Waals surface area (Å²) in [4.78, 5) is 12.6. The molecule has 0 spiro atoms. The molecule has 0 unspecified atom stereocenters. The number of halogens is 3. The van der Waals surface area contributed by atoms with Crippen LogP contribution in [0.15, 0.2) is 24.3 Å². The molecule has 0 radical (unpaired) electrons. The number of hydrogen-bond acceptors (Lipinski definition) is 2. The van der Waals surface area contributed by atoms with Gasteiger partial charge < -0.3 is 10.1 Å². The van der Waals surface area contributed by atoms with Gasteiger partial charge in [0.2, 0.25) is 5.91 Å². The fourth-order valence-electron chi connectivity index (χ4n) is 2.70. The zero-order valence-electron chi connectivity index (χ0n) is 15.6. The maximum absolute atomic E-state index is 12.9. The van der Waals surface area contributed by atoms with Crippen LogP contribution in [0.1, 0.15) is 60.3 Å². The van der Waals surface area contributed by atoms with Gasteiger partial charge in [-0.1, -0.05) is 33.6 Å². The largest absolute Gasteiger partial charge is 0.478 e. The molecule has 0 aromatic heterocycles. The van der Waals surface area contributed by atoms with Crippen LogP contribution in [0.5, 0.6) is 5.75 Å². The summed E-state index contributed by atoms with van der Waals surface area (Å²) in [5.41, 5.74) is -2.18. The molecule has 1 N–H and O–H groups in total. The van der Waals surface area contributed by atoms with Gasteiger partial charge in [-0.3, -0.25) is 4.79 Å². The van der Waals surface area contributed by atoms with Gasteiger partial charge in [0.25, 0.3) is 0 Å². The number of ether oxygens (including phenoxy) is 1. The van der Waals surface area contributed by atoms with Crippen molar-refractivity contribution in [2.75, 3.05) is 5.32 Å². The van der Waals surface area contributed by atoms with Crippen molar-refractivity contribution in [1.82, 2.24) is 0 Å². The Labute approximate surface area is 147 Å². The number of carbonyl (C=O) groups is 1. The van der Waals surface area contributed by atoms with E-state index in [1.54, 1.807) is 12.1 Å². The van der Waals surface area contributed by atoms with Crippen LogP contribution in [0.2, 0.25) is 0 Å². The molecule has 1 rings (SSSR count). The van der Waals surface area contributed by atoms with E-state index in [0.29, 0.717) is 5.69 Å². The standard InChI is InChI=1S/C19H28F3NO2/c1-6-12-18(5,13-7-2)16(24)23-14-8-10-15(11-9-14)25-17(3,4)19(20,21)22/h8-11H,6-7,12-13H2,1-5H3,(H,23,24). The van der Waals surface area contributed by atoms with Crippen LogP contribution in [0.25, 0.3) is 0 Å². The van der Waals surface area contributed by atoms with E-state index in [2.05, 4.69) is 5.32 Å². The first-order chi connectivity index (χ1) is 11.4. The maximum atomic E-state index is 12.9. The molecule has 0 saturated carbocycles. The molecule has 0 atom stereocenters. The molecule has 6 heteroatoms. The van der Waals surface area contributed by atoms with Gasteiger partial charge in [0.15, 0.2) is 5.60 Å². The molecule has 142 valence electrons. The molecule has 0 aliphatic rings. The quantitative estimate of drug-likeness (QED) is 0.623. The second kappa shape index (κ2) is 8.11. The lowest BCUT2D eigenvalue weighted by atomic mass is 9.80. The third kappa shape index (κ3) is 5.65. The highest BCUT2D eigenvalue weighted by Gasteiger charge is 2.49. The number of hydrogen-bond donors (Lipinski definition) is 1. The fraction of sp³-hybridized carbons (Fsp3) is 0.632. The minimum Gasteiger partial charge on any atom is -0.478 e. The lowest BCUT2D eigenvalue weighted by Crippen LogP contribution is -2.44. The van der Waals surface area contributed by atoms with Gasteiger partial charge >= 0.3 is 6.18 Å². The summed E-state index contributed by atoms with van der Waals surface area (Å²) in [6, 6.07) is 5.97. The van der Waals surface area contributed by atoms with Crippen LogP contribution >= 0.6 is 0 Å². The second-order valence-electron chi connectivity index (χ2n) is 7.15. The SMILES string of the molecule is CCCC(C)(CCC)C(=O)Nc1ccc(OC(C)(C)C(F)(F)F)cc1. The minimum atomic E-state index is -4.47. The van der Waals surface area contributed by atoms with E-state index < -0.39 is 17.2 Å². The first-order valence-electron chi connectivity index (χ1n) is 8.62. The van der Waals surface area contributed by atoms with Crippen LogP contribution in [-0.2, 0) is 4.79 Å². The van der Waals surface area contributed by atoms with Crippen molar-refractivity contribution in [3.63, 3.8) is 0 Å². The van der Waals surface area contributed by atoms with Crippen LogP contribution < -0.4 is 10.1 Å². The highest BCUT2D eigenvalue weighted by atomic mass is 19.4. The number of amides is 1. The van der Waals surface area contributed by atoms with Crippen molar-refractivity contribution in [2.45, 2.75) is 72.1 Å². The predicted octanol–water partition coefficient (Wildman–Crippen LogP) is 5.95. The zero-order chi connectivity index (χ0) is 19.3. The van der Waals surface area contributed by atoms with E-state index in [9.17, 15) is 18.0 Å². The first-order valence-corrected chi connectivity index (χ1v) is 8.62. The molecular formula is C19H28F3NO2. The number of carbonyl (C=O) groups excluding carboxylic acids is 1. The number of anilines is 1. The number of alkyl halides is 3. The Morgan fingerprint density at radius 1 is 1.00 bits per heavy atom. The molecule has 0 heterocycles. The average molecular weight is 359 g/mol. The summed E-state index contributed by atoms with van der Waals surface area (Å²) < 4.78 is 43.6. The van der Waals surface area contributed by atoms with E-state index in [1.807, 2.05) is 20.8 Å². The number of benzene rings is 1. The van der Waals surface area contributed by atoms with Gasteiger partial charge in [0.1, 0.15) is 5.75 Å². The van der Waals surface area contributed by atoms with E-state index in [0.717, 1.165) is 39.5 Å². The van der Waals surface area contributed by atoms with Gasteiger partial charge in [0, 0.05) is 11.1 Å². The highest BCUT2D eigenvalue weighted by molar-refractivity contribution is 5.95. The van der Waals surface area contributed by atoms with E-state index in [1.165, 1.54) is 12.1 Å². The van der Waals surface area contributed by atoms with Crippen molar-refractivity contribution in [3.8, 4) is 5.75 Å². The van der Waals surface area contributed by atoms with Gasteiger partial charge in [-0.2, -0.15) is 13.2 Å². The van der Waals surface area contributed by atoms with Crippen LogP contribution in [-0.4, -0.2) is 17.7 Å². The average Bonchev–Trinajstić information content (AvgIpc) is 2.48. The molecule has 1 aromatic carbocycles. The lowest BCUT2D eigenvalue weighted by molar-refractivity contribution is -0.234. The summed E-state index contributed by atoms with van der Waals surface area (Å²) in [5.74, 6) is 0.0330. The molecule has 0 bridgehead atoms. The molecule has 25 heavy (non-hydrogen) atoms. The number of rotatable bonds is 8. The zero-order valence-corrected chi connectivity index (χ0v) is 15.6. The molecule has 0 fully saturated rings. The van der Waals surface area contributed by atoms with Crippen LogP contribution in [0.3, 0.4) is 0 Å². The van der Waals surface area contributed by atoms with Crippen molar-refractivity contribution in [3.05, 3.63) is 24.3 Å². The van der Waals surface area contributed by atoms with E-state index in [-0.39, 0.29) is 11.7 Å². The Morgan fingerprint density at radius 3 is 1.88 bits per heavy atom. The smallest absolute Gasteiger partial charge is 0.427 e. The Hall–Kier alpha value is -1.72. The Balaban J connectivity index is 2.81. The third-order valence-corrected chi connectivity index (χ3v) is 4.32. The van der Waals surface area contributed by atoms with Crippen molar-refractivity contribution in [1.29, 1.82) is 0 Å². The molecule has 1 aromatic rings. The summed E-state index contributed by atoms with van der Waals surface area (Å²) >= 11 is 0. The molecule has 1 amide bonds. The number of nitrogens with one attached hydrogen (secondary N) is 1. The summed E-state index contributed by atoms with van der Waals surface area (Å²) in [7, 11) is 0. The molecular weight excluding hydrogens is 331 g/mol. The maximum Gasteiger partial charge on any atom is 0.427 e. The minimum absolute atomic E-state index is 0.0690. The summed E-state index contributed by atoms with van der Waals surface area (Å²) in [6.45, 7) is 7.97. The van der Waals surface area contributed by atoms with E-state index >= 15 is 0 Å². The third-order valence-electron chi connectivity index (χ3n) is 4.32. The Kier molecular flexibility index (Phi) is 6.91. The monoisotopic (exact) mass is 359 g/mol. The van der Waals surface area contributed by atoms with Crippen molar-refractivity contribution in [2.24, 2.45) is 5.41 Å². The van der Waals surface area contributed by atoms with Crippen molar-refractivity contribution >= 4 is 11.6 Å². The predicted molar refractivity (Wildman–Crippen MR) is 93.8 cm³/mol. The summed E-state index contributed by atoms with van der Waals surface area (Å²) in [6.07, 6.45) is -1.09. The van der Waals surface area contributed by atoms with Gasteiger partial charge in [-0.25, -0.2) is 0 Å². The van der Waals surface area contributed by atoms with Crippen molar-refractivity contribution < 1.29 is 22.7 Å². The van der Waals surface area contributed by atoms with Gasteiger partial charge in [-0.15, -0.1) is 0 Å². The topological polar surface area (TPSA) is 38.3 Å². The van der Waals surface area contributed by atoms with Crippen LogP contribution in [0, 0.1) is 5.41 Å². The second-order valence-corrected chi connectivity index (χ2v) is 7.15. The fourth-order valence-corrected chi connectivity index (χ4v) is 2.70. The Morgan fingerprint density at radius 2 is 1.48 bits per heavy atom. The highest BCUT2D eigenvalue weighted by Crippen LogP contribution is 2.35. The Bertz CT molecular complexity index is 559. The van der Waals surface area contributed by atoms with E-state index in [4.69, 9.17) is 4.74 Å². The lowest BCUT2D eigenvalue weighted by Gasteiger charge is -2.29. The van der Waals surface area contributed by atoms with Crippen LogP contribution in [0.4, 0.5) is 18.9 Å². The first kappa shape index (κ1) is 21.3. The molecule has 3 nitrogen and oxygen atoms in total. The molecule has 0 aliphatic heterocycles. The van der Waals surface area contributed by atoms with Gasteiger partial charge in [0.05, 0.1) is 0 Å². The normalized spacial score (nSPS) is 12.8. The molecule has 0 saturated heterocycles.